The molecule has 0 amide bonds. The van der Waals surface area contributed by atoms with Gasteiger partial charge in [-0.2, -0.15) is 5.90 Å². The van der Waals surface area contributed by atoms with Crippen molar-refractivity contribution < 1.29 is 49.2 Å². The van der Waals surface area contributed by atoms with E-state index < -0.39 is 50.1 Å². The fourth-order valence-corrected chi connectivity index (χ4v) is 1.48. The van der Waals surface area contributed by atoms with E-state index in [9.17, 15) is 19.2 Å². The van der Waals surface area contributed by atoms with Crippen LogP contribution in [0.15, 0.2) is 0 Å². The number of carbonyl (C=O) groups is 5. The summed E-state index contributed by atoms with van der Waals surface area (Å²) in [6.07, 6.45) is 0. The molecule has 0 spiro atoms. The van der Waals surface area contributed by atoms with Gasteiger partial charge >= 0.3 is 30.3 Å². The van der Waals surface area contributed by atoms with Gasteiger partial charge in [0.1, 0.15) is 0 Å². The highest BCUT2D eigenvalue weighted by atomic mass is 16.6. The summed E-state index contributed by atoms with van der Waals surface area (Å²) in [5, 5.41) is 34.5. The van der Waals surface area contributed by atoms with Gasteiger partial charge in [-0.15, -0.1) is 0 Å². The molecule has 0 saturated carbocycles. The summed E-state index contributed by atoms with van der Waals surface area (Å²) in [4.78, 5) is 56.5. The normalized spacial score (nSPS) is 9.79. The second-order valence-corrected chi connectivity index (χ2v) is 4.23. The highest BCUT2D eigenvalue weighted by Gasteiger charge is 2.17. The molecule has 0 bridgehead atoms. The van der Waals surface area contributed by atoms with Gasteiger partial charge < -0.3 is 25.3 Å². The number of nitrogens with two attached hydrogens (primary N) is 1. The highest BCUT2D eigenvalue weighted by molar-refractivity contribution is 5.73. The third-order valence-corrected chi connectivity index (χ3v) is 2.22. The molecule has 24 heavy (non-hydrogen) atoms. The number of rotatable bonds is 12. The number of nitrogens with zero attached hydrogens (tertiary/aromatic N) is 2. The summed E-state index contributed by atoms with van der Waals surface area (Å²) in [6, 6.07) is 0. The van der Waals surface area contributed by atoms with E-state index >= 15 is 0 Å². The van der Waals surface area contributed by atoms with Gasteiger partial charge in [0.15, 0.2) is 0 Å². The van der Waals surface area contributed by atoms with Crippen molar-refractivity contribution in [1.29, 1.82) is 0 Å². The largest absolute Gasteiger partial charge is 0.480 e. The second kappa shape index (κ2) is 13.9. The third-order valence-electron chi connectivity index (χ3n) is 2.22. The lowest BCUT2D eigenvalue weighted by molar-refractivity contribution is -0.145. The Labute approximate surface area is 135 Å². The fourth-order valence-electron chi connectivity index (χ4n) is 1.48. The maximum absolute atomic E-state index is 10.6. The van der Waals surface area contributed by atoms with Crippen molar-refractivity contribution in [3.05, 3.63) is 0 Å². The Kier molecular flexibility index (Phi) is 13.6. The number of aliphatic carboxylic acids is 4. The molecule has 0 aliphatic heterocycles. The van der Waals surface area contributed by atoms with Crippen LogP contribution in [0.1, 0.15) is 0 Å². The molecule has 13 heteroatoms. The third kappa shape index (κ3) is 17.3. The molecule has 0 aromatic rings. The average Bonchev–Trinajstić information content (AvgIpc) is 2.42. The van der Waals surface area contributed by atoms with Gasteiger partial charge in [-0.05, 0) is 0 Å². The molecular formula is C11H19N3O10. The number of carboxylic acids is 4. The van der Waals surface area contributed by atoms with Gasteiger partial charge in [-0.3, -0.25) is 33.8 Å². The summed E-state index contributed by atoms with van der Waals surface area (Å²) in [5.41, 5.74) is 0. The number of carbonyl (C=O) groups excluding carboxylic acids is 1. The van der Waals surface area contributed by atoms with Crippen molar-refractivity contribution in [2.75, 3.05) is 39.3 Å². The van der Waals surface area contributed by atoms with Crippen LogP contribution in [-0.2, 0) is 28.8 Å². The van der Waals surface area contributed by atoms with Gasteiger partial charge in [0.25, 0.3) is 0 Å². The Bertz CT molecular complexity index is 374. The molecule has 0 aliphatic carbocycles. The minimum atomic E-state index is -1.23. The van der Waals surface area contributed by atoms with E-state index in [1.54, 1.807) is 0 Å². The predicted molar refractivity (Wildman–Crippen MR) is 74.8 cm³/mol. The van der Waals surface area contributed by atoms with Gasteiger partial charge in [0, 0.05) is 13.1 Å². The van der Waals surface area contributed by atoms with Crippen molar-refractivity contribution in [1.82, 2.24) is 9.80 Å². The molecule has 0 aromatic heterocycles. The lowest BCUT2D eigenvalue weighted by atomic mass is 10.4. The molecule has 0 rings (SSSR count). The fraction of sp³-hybridized carbons (Fsp3) is 0.545. The lowest BCUT2D eigenvalue weighted by Gasteiger charge is -2.23. The molecule has 0 aromatic carbocycles. The molecule has 13 nitrogen and oxygen atoms in total. The zero-order chi connectivity index (χ0) is 19.1. The maximum Gasteiger partial charge on any atom is 0.317 e. The molecule has 0 radical (unpaired) electrons. The standard InChI is InChI=1S/C10H16N2O8.CH3NO2/c13-7(14)3-11(4-8(15)16)1-2-12(5-9(17)18)6-10(19)20;2-4-1-3/h1-6H2,(H,13,14)(H,15,16)(H,17,18)(H,19,20);1H,2H2. The Hall–Kier alpha value is -2.77. The minimum Gasteiger partial charge on any atom is -0.480 e. The van der Waals surface area contributed by atoms with Crippen molar-refractivity contribution in [3.63, 3.8) is 0 Å². The van der Waals surface area contributed by atoms with E-state index in [0.717, 1.165) is 9.80 Å². The zero-order valence-corrected chi connectivity index (χ0v) is 12.5. The first-order valence-electron chi connectivity index (χ1n) is 6.23. The molecule has 0 fully saturated rings. The Morgan fingerprint density at radius 1 is 0.750 bits per heavy atom. The van der Waals surface area contributed by atoms with Crippen LogP contribution in [0.3, 0.4) is 0 Å². The highest BCUT2D eigenvalue weighted by Crippen LogP contribution is 1.94. The Morgan fingerprint density at radius 2 is 0.958 bits per heavy atom. The van der Waals surface area contributed by atoms with E-state index in [4.69, 9.17) is 25.2 Å². The Morgan fingerprint density at radius 3 is 1.08 bits per heavy atom. The summed E-state index contributed by atoms with van der Waals surface area (Å²) >= 11 is 0. The Balaban J connectivity index is 0. The van der Waals surface area contributed by atoms with Crippen LogP contribution < -0.4 is 5.90 Å². The average molecular weight is 353 g/mol. The van der Waals surface area contributed by atoms with E-state index in [2.05, 4.69) is 10.7 Å². The van der Waals surface area contributed by atoms with Crippen LogP contribution in [0.2, 0.25) is 0 Å². The quantitative estimate of drug-likeness (QED) is 0.175. The van der Waals surface area contributed by atoms with Crippen LogP contribution in [0.4, 0.5) is 0 Å². The summed E-state index contributed by atoms with van der Waals surface area (Å²) in [6.45, 7) is -2.10. The molecule has 0 saturated heterocycles. The second-order valence-electron chi connectivity index (χ2n) is 4.23. The molecule has 138 valence electrons. The van der Waals surface area contributed by atoms with Crippen LogP contribution in [-0.4, -0.2) is 99.8 Å². The van der Waals surface area contributed by atoms with Crippen LogP contribution >= 0.6 is 0 Å². The van der Waals surface area contributed by atoms with Crippen molar-refractivity contribution >= 4 is 30.3 Å². The van der Waals surface area contributed by atoms with Gasteiger partial charge in [-0.1, -0.05) is 0 Å². The van der Waals surface area contributed by atoms with E-state index in [1.165, 1.54) is 0 Å². The monoisotopic (exact) mass is 353 g/mol. The van der Waals surface area contributed by atoms with Crippen LogP contribution in [0, 0.1) is 0 Å². The first-order chi connectivity index (χ1) is 11.1. The summed E-state index contributed by atoms with van der Waals surface area (Å²) < 4.78 is 0. The van der Waals surface area contributed by atoms with Crippen LogP contribution in [0.5, 0.6) is 0 Å². The van der Waals surface area contributed by atoms with Gasteiger partial charge in [0.05, 0.1) is 26.2 Å². The molecule has 0 aliphatic rings. The molecule has 0 atom stereocenters. The van der Waals surface area contributed by atoms with Gasteiger partial charge in [0.2, 0.25) is 0 Å². The predicted octanol–water partition coefficient (Wildman–Crippen LogP) is -3.04. The molecule has 0 unspecified atom stereocenters. The molecule has 0 heterocycles. The first kappa shape index (κ1) is 23.5. The van der Waals surface area contributed by atoms with Crippen molar-refractivity contribution in [2.45, 2.75) is 0 Å². The zero-order valence-electron chi connectivity index (χ0n) is 12.5. The first-order valence-corrected chi connectivity index (χ1v) is 6.23. The summed E-state index contributed by atoms with van der Waals surface area (Å²) in [5.74, 6) is -0.750. The van der Waals surface area contributed by atoms with E-state index in [-0.39, 0.29) is 19.6 Å². The minimum absolute atomic E-state index is 0.0703. The number of hydrogen-bond donors (Lipinski definition) is 5. The van der Waals surface area contributed by atoms with Crippen molar-refractivity contribution in [3.8, 4) is 0 Å². The number of carboxylic acid groups (broad SMARTS) is 4. The molecule has 6 N–H and O–H groups in total. The summed E-state index contributed by atoms with van der Waals surface area (Å²) in [7, 11) is 0. The lowest BCUT2D eigenvalue weighted by Crippen LogP contribution is -2.43. The van der Waals surface area contributed by atoms with E-state index in [0.29, 0.717) is 0 Å². The topological polar surface area (TPSA) is 208 Å². The number of hydrogen-bond acceptors (Lipinski definition) is 9. The smallest absolute Gasteiger partial charge is 0.317 e. The maximum atomic E-state index is 10.6. The molecular weight excluding hydrogens is 334 g/mol. The van der Waals surface area contributed by atoms with Crippen molar-refractivity contribution in [2.24, 2.45) is 5.90 Å². The van der Waals surface area contributed by atoms with Crippen LogP contribution in [0.25, 0.3) is 0 Å². The van der Waals surface area contributed by atoms with E-state index in [1.807, 2.05) is 0 Å². The van der Waals surface area contributed by atoms with Gasteiger partial charge in [-0.25, -0.2) is 0 Å². The SMILES string of the molecule is NOC=O.O=C(O)CN(CCN(CC(=O)O)CC(=O)O)CC(=O)O.